The Morgan fingerprint density at radius 3 is 2.46 bits per heavy atom. The number of rotatable bonds is 3. The molecule has 0 bridgehead atoms. The van der Waals surface area contributed by atoms with Gasteiger partial charge in [-0.25, -0.2) is 4.98 Å². The van der Waals surface area contributed by atoms with Crippen molar-refractivity contribution in [1.82, 2.24) is 13.1 Å². The van der Waals surface area contributed by atoms with Gasteiger partial charge in [-0.1, -0.05) is 45.0 Å². The average Bonchev–Trinajstić information content (AvgIpc) is 3.11. The molecule has 2 N–H and O–H groups in total. The van der Waals surface area contributed by atoms with Crippen LogP contribution in [0.5, 0.6) is 5.75 Å². The number of imidazole rings is 1. The first-order valence-electron chi connectivity index (χ1n) is 9.14. The molecule has 3 aromatic rings. The third-order valence-electron chi connectivity index (χ3n) is 4.70. The Labute approximate surface area is 175 Å². The van der Waals surface area contributed by atoms with E-state index in [0.29, 0.717) is 6.54 Å². The van der Waals surface area contributed by atoms with Gasteiger partial charge in [-0.3, -0.25) is 9.56 Å². The number of aromatic nitrogens is 2. The molecule has 0 fully saturated rings. The first-order chi connectivity index (χ1) is 13.4. The number of phenols is 1. The maximum atomic E-state index is 9.52. The number of aliphatic imine (C=N–C) groups is 1. The second-order valence-electron chi connectivity index (χ2n) is 7.80. The molecule has 1 aliphatic rings. The number of amidine groups is 1. The van der Waals surface area contributed by atoms with Crippen molar-refractivity contribution < 1.29 is 5.11 Å². The van der Waals surface area contributed by atoms with E-state index < -0.39 is 0 Å². The van der Waals surface area contributed by atoms with Gasteiger partial charge >= 0.3 is 0 Å². The number of benzene rings is 2. The summed E-state index contributed by atoms with van der Waals surface area (Å²) in [5.41, 5.74) is 4.71. The van der Waals surface area contributed by atoms with Crippen LogP contribution in [0.3, 0.4) is 0 Å². The third-order valence-corrected chi connectivity index (χ3v) is 6.36. The van der Waals surface area contributed by atoms with Gasteiger partial charge in [-0.05, 0) is 40.8 Å². The van der Waals surface area contributed by atoms with E-state index in [2.05, 4.69) is 62.3 Å². The molecule has 0 atom stereocenters. The monoisotopic (exact) mass is 486 g/mol. The van der Waals surface area contributed by atoms with Crippen molar-refractivity contribution in [2.24, 2.45) is 4.99 Å². The number of fused-ring (bicyclic) bond motifs is 1. The van der Waals surface area contributed by atoms with Crippen LogP contribution >= 0.6 is 21.0 Å². The zero-order valence-corrected chi connectivity index (χ0v) is 18.3. The Balaban J connectivity index is 1.58. The summed E-state index contributed by atoms with van der Waals surface area (Å²) in [5.74, 6) is 1.94. The Morgan fingerprint density at radius 1 is 1.07 bits per heavy atom. The molecular weight excluding hydrogens is 463 g/mol. The Morgan fingerprint density at radius 2 is 1.79 bits per heavy atom. The van der Waals surface area contributed by atoms with E-state index in [0.717, 1.165) is 22.9 Å². The minimum Gasteiger partial charge on any atom is -0.508 e. The Kier molecular flexibility index (Phi) is 5.05. The van der Waals surface area contributed by atoms with E-state index in [1.807, 2.05) is 18.3 Å². The minimum absolute atomic E-state index is 0.158. The van der Waals surface area contributed by atoms with Crippen molar-refractivity contribution in [2.45, 2.75) is 32.7 Å². The molecule has 1 aliphatic heterocycles. The van der Waals surface area contributed by atoms with Gasteiger partial charge in [0.05, 0.1) is 22.6 Å². The van der Waals surface area contributed by atoms with Gasteiger partial charge in [0.15, 0.2) is 11.7 Å². The van der Waals surface area contributed by atoms with E-state index in [-0.39, 0.29) is 32.2 Å². The van der Waals surface area contributed by atoms with Crippen LogP contribution in [0, 0.1) is 0 Å². The molecule has 0 radical (unpaired) electrons. The number of hydrogen-bond acceptors (Lipinski definition) is 3. The normalized spacial score (nSPS) is 15.0. The summed E-state index contributed by atoms with van der Waals surface area (Å²) >= 11 is -0.339. The third kappa shape index (κ3) is 3.87. The average molecular weight is 486 g/mol. The zero-order valence-electron chi connectivity index (χ0n) is 16.1. The SMILES string of the molecule is CC(C)(C)c1ccc(CN=C2NI=Cn3c(-c4ccc(O)cc4)cnc32)cc1. The molecule has 1 aromatic heterocycles. The lowest BCUT2D eigenvalue weighted by Gasteiger charge is -2.19. The summed E-state index contributed by atoms with van der Waals surface area (Å²) in [4.78, 5) is 9.39. The van der Waals surface area contributed by atoms with Crippen LogP contribution in [0.15, 0.2) is 59.7 Å². The lowest BCUT2D eigenvalue weighted by molar-refractivity contribution is 0.475. The topological polar surface area (TPSA) is 62.4 Å². The largest absolute Gasteiger partial charge is 0.508 e. The molecule has 0 saturated carbocycles. The summed E-state index contributed by atoms with van der Waals surface area (Å²) in [6, 6.07) is 15.9. The number of phenolic OH excluding ortho intramolecular Hbond substituents is 1. The van der Waals surface area contributed by atoms with Gasteiger partial charge in [0.2, 0.25) is 0 Å². The number of halogens is 1. The highest BCUT2D eigenvalue weighted by Crippen LogP contribution is 2.25. The predicted molar refractivity (Wildman–Crippen MR) is 123 cm³/mol. The number of nitrogens with zero attached hydrogens (tertiary/aromatic N) is 3. The first-order valence-corrected chi connectivity index (χ1v) is 11.5. The van der Waals surface area contributed by atoms with Gasteiger partial charge in [0.25, 0.3) is 0 Å². The van der Waals surface area contributed by atoms with Crippen molar-refractivity contribution in [2.75, 3.05) is 0 Å². The fraction of sp³-hybridized carbons (Fsp3) is 0.227. The van der Waals surface area contributed by atoms with Crippen molar-refractivity contribution in [1.29, 1.82) is 0 Å². The van der Waals surface area contributed by atoms with Crippen LogP contribution in [0.4, 0.5) is 0 Å². The van der Waals surface area contributed by atoms with Crippen LogP contribution in [0.2, 0.25) is 0 Å². The zero-order chi connectivity index (χ0) is 19.7. The van der Waals surface area contributed by atoms with Crippen molar-refractivity contribution in [3.8, 4) is 17.0 Å². The molecule has 0 spiro atoms. The van der Waals surface area contributed by atoms with Crippen molar-refractivity contribution >= 4 is 31.0 Å². The molecule has 6 heteroatoms. The second kappa shape index (κ2) is 7.50. The molecular formula is C22H23IN4O. The fourth-order valence-electron chi connectivity index (χ4n) is 3.03. The molecule has 2 aromatic carbocycles. The van der Waals surface area contributed by atoms with Gasteiger partial charge < -0.3 is 8.64 Å². The Bertz CT molecular complexity index is 1040. The molecule has 0 saturated heterocycles. The number of nitrogens with one attached hydrogen (secondary N) is 1. The van der Waals surface area contributed by atoms with Crippen molar-refractivity contribution in [3.63, 3.8) is 0 Å². The van der Waals surface area contributed by atoms with Crippen LogP contribution in [0.25, 0.3) is 11.3 Å². The minimum atomic E-state index is -0.339. The summed E-state index contributed by atoms with van der Waals surface area (Å²) < 4.78 is 7.71. The highest BCUT2D eigenvalue weighted by Gasteiger charge is 2.18. The van der Waals surface area contributed by atoms with E-state index in [4.69, 9.17) is 4.99 Å². The Hall–Kier alpha value is -2.48. The van der Waals surface area contributed by atoms with E-state index in [9.17, 15) is 5.11 Å². The summed E-state index contributed by atoms with van der Waals surface area (Å²) in [6.07, 6.45) is 1.86. The molecule has 4 rings (SSSR count). The fourth-order valence-corrected chi connectivity index (χ4v) is 4.72. The maximum Gasteiger partial charge on any atom is 0.181 e. The van der Waals surface area contributed by atoms with Crippen LogP contribution in [-0.4, -0.2) is 24.6 Å². The van der Waals surface area contributed by atoms with E-state index >= 15 is 0 Å². The van der Waals surface area contributed by atoms with Crippen LogP contribution < -0.4 is 3.53 Å². The van der Waals surface area contributed by atoms with Gasteiger partial charge in [-0.2, -0.15) is 0 Å². The second-order valence-corrected chi connectivity index (χ2v) is 9.52. The standard InChI is InChI=1S/C22H23IN4O/c1-22(2,3)17-8-4-15(5-9-17)12-24-20-21-25-13-19(27(21)14-23-26-20)16-6-10-18(28)11-7-16/h4-11,13-14,28H,12H2,1-3H3,(H,24,26). The molecule has 0 aliphatic carbocycles. The van der Waals surface area contributed by atoms with Crippen LogP contribution in [0.1, 0.15) is 37.7 Å². The van der Waals surface area contributed by atoms with Crippen LogP contribution in [-0.2, 0) is 12.0 Å². The first kappa shape index (κ1) is 18.9. The summed E-state index contributed by atoms with van der Waals surface area (Å²) in [5, 5.41) is 9.52. The van der Waals surface area contributed by atoms with Gasteiger partial charge in [0, 0.05) is 26.6 Å². The van der Waals surface area contributed by atoms with Gasteiger partial charge in [-0.15, -0.1) is 0 Å². The summed E-state index contributed by atoms with van der Waals surface area (Å²) in [6.45, 7) is 7.29. The molecule has 144 valence electrons. The molecule has 2 heterocycles. The smallest absolute Gasteiger partial charge is 0.181 e. The van der Waals surface area contributed by atoms with E-state index in [1.54, 1.807) is 12.1 Å². The number of aromatic hydroxyl groups is 1. The quantitative estimate of drug-likeness (QED) is 0.421. The lowest BCUT2D eigenvalue weighted by atomic mass is 9.87. The summed E-state index contributed by atoms with van der Waals surface area (Å²) in [7, 11) is 0. The molecule has 5 nitrogen and oxygen atoms in total. The lowest BCUT2D eigenvalue weighted by Crippen LogP contribution is -2.25. The highest BCUT2D eigenvalue weighted by atomic mass is 127. The highest BCUT2D eigenvalue weighted by molar-refractivity contribution is 14.2. The van der Waals surface area contributed by atoms with Crippen molar-refractivity contribution in [3.05, 3.63) is 71.7 Å². The number of hydrogen-bond donors (Lipinski definition) is 2. The van der Waals surface area contributed by atoms with Gasteiger partial charge in [0.1, 0.15) is 5.75 Å². The molecule has 0 unspecified atom stereocenters. The molecule has 0 amide bonds. The molecule has 28 heavy (non-hydrogen) atoms. The maximum absolute atomic E-state index is 9.52. The van der Waals surface area contributed by atoms with E-state index in [1.165, 1.54) is 11.1 Å². The predicted octanol–water partition coefficient (Wildman–Crippen LogP) is 4.60.